The molecule has 3 rings (SSSR count). The topological polar surface area (TPSA) is 98.9 Å². The van der Waals surface area contributed by atoms with Gasteiger partial charge in [-0.2, -0.15) is 0 Å². The third-order valence-corrected chi connectivity index (χ3v) is 5.23. The maximum atomic E-state index is 12.5. The van der Waals surface area contributed by atoms with E-state index in [9.17, 15) is 9.59 Å². The molecule has 0 saturated carbocycles. The van der Waals surface area contributed by atoms with Crippen LogP contribution < -0.4 is 16.0 Å². The number of nitrogens with two attached hydrogens (primary N) is 1. The van der Waals surface area contributed by atoms with Crippen molar-refractivity contribution in [1.82, 2.24) is 10.2 Å². The minimum absolute atomic E-state index is 0.338. The summed E-state index contributed by atoms with van der Waals surface area (Å²) in [6.45, 7) is 3.40. The van der Waals surface area contributed by atoms with Crippen molar-refractivity contribution in [2.24, 2.45) is 5.73 Å². The normalized spacial score (nSPS) is 15.5. The van der Waals surface area contributed by atoms with Crippen molar-refractivity contribution in [3.63, 3.8) is 0 Å². The molecule has 7 nitrogen and oxygen atoms in total. The molecular weight excluding hydrogens is 392 g/mol. The lowest BCUT2D eigenvalue weighted by Gasteiger charge is -2.37. The molecule has 4 N–H and O–H groups in total. The van der Waals surface area contributed by atoms with E-state index >= 15 is 0 Å². The molecule has 1 saturated heterocycles. The zero-order valence-corrected chi connectivity index (χ0v) is 17.6. The average molecular weight is 421 g/mol. The van der Waals surface area contributed by atoms with Crippen LogP contribution in [0.3, 0.4) is 0 Å². The molecule has 0 bridgehead atoms. The Balaban J connectivity index is 1.54. The molecule has 0 aliphatic carbocycles. The van der Waals surface area contributed by atoms with Crippen molar-refractivity contribution >= 4 is 17.5 Å². The molecule has 2 amide bonds. The molecule has 2 aromatic rings. The highest BCUT2D eigenvalue weighted by Gasteiger charge is 2.28. The van der Waals surface area contributed by atoms with Gasteiger partial charge in [-0.25, -0.2) is 4.79 Å². The van der Waals surface area contributed by atoms with Gasteiger partial charge in [0.05, 0.1) is 0 Å². The van der Waals surface area contributed by atoms with Crippen LogP contribution in [0.2, 0.25) is 0 Å². The van der Waals surface area contributed by atoms with Gasteiger partial charge in [-0.05, 0) is 43.3 Å². The van der Waals surface area contributed by atoms with E-state index in [4.69, 9.17) is 10.8 Å². The summed E-state index contributed by atoms with van der Waals surface area (Å²) < 4.78 is 0. The Bertz CT molecular complexity index is 940. The maximum absolute atomic E-state index is 12.5. The fraction of sp³-hybridized carbons (Fsp3) is 0.333. The van der Waals surface area contributed by atoms with Crippen LogP contribution in [-0.2, 0) is 4.79 Å². The molecule has 31 heavy (non-hydrogen) atoms. The number of hydrogen-bond donors (Lipinski definition) is 3. The predicted octanol–water partition coefficient (Wildman–Crippen LogP) is 1.20. The molecule has 0 spiro atoms. The fourth-order valence-corrected chi connectivity index (χ4v) is 3.42. The van der Waals surface area contributed by atoms with E-state index in [1.807, 2.05) is 54.6 Å². The van der Waals surface area contributed by atoms with Crippen LogP contribution in [0.4, 0.5) is 10.5 Å². The van der Waals surface area contributed by atoms with Crippen LogP contribution in [0.15, 0.2) is 54.6 Å². The van der Waals surface area contributed by atoms with Gasteiger partial charge in [0.25, 0.3) is 0 Å². The van der Waals surface area contributed by atoms with E-state index in [0.717, 1.165) is 16.8 Å². The Morgan fingerprint density at radius 1 is 1.00 bits per heavy atom. The summed E-state index contributed by atoms with van der Waals surface area (Å²) in [5, 5.41) is 11.7. The number of amides is 2. The lowest BCUT2D eigenvalue weighted by Crippen LogP contribution is -2.58. The van der Waals surface area contributed by atoms with Crippen LogP contribution in [0, 0.1) is 11.8 Å². The summed E-state index contributed by atoms with van der Waals surface area (Å²) >= 11 is 0. The van der Waals surface area contributed by atoms with Crippen LogP contribution in [0.1, 0.15) is 18.1 Å². The van der Waals surface area contributed by atoms with Crippen LogP contribution in [0.5, 0.6) is 0 Å². The van der Waals surface area contributed by atoms with E-state index in [1.165, 1.54) is 0 Å². The van der Waals surface area contributed by atoms with E-state index in [2.05, 4.69) is 22.1 Å². The zero-order valence-electron chi connectivity index (χ0n) is 17.6. The quantitative estimate of drug-likeness (QED) is 0.632. The second-order valence-electron chi connectivity index (χ2n) is 7.55. The summed E-state index contributed by atoms with van der Waals surface area (Å²) in [6.07, 6.45) is 0. The smallest absolute Gasteiger partial charge is 0.318 e. The molecule has 1 heterocycles. The molecule has 1 fully saturated rings. The van der Waals surface area contributed by atoms with Gasteiger partial charge in [0.15, 0.2) is 5.78 Å². The molecule has 1 aliphatic rings. The van der Waals surface area contributed by atoms with Gasteiger partial charge in [-0.1, -0.05) is 30.0 Å². The number of nitrogens with one attached hydrogen (secondary N) is 1. The first-order valence-corrected chi connectivity index (χ1v) is 10.3. The summed E-state index contributed by atoms with van der Waals surface area (Å²) in [5.74, 6) is 5.83. The SMILES string of the molecule is C[C@H](N)[C@@H](NC(=O)N1CCN(c2ccc(C#Cc3ccccc3)cc2)CC1)C(=O)CO. The third-order valence-electron chi connectivity index (χ3n) is 5.23. The van der Waals surface area contributed by atoms with Crippen molar-refractivity contribution in [3.8, 4) is 11.8 Å². The van der Waals surface area contributed by atoms with Crippen molar-refractivity contribution in [2.45, 2.75) is 19.0 Å². The predicted molar refractivity (Wildman–Crippen MR) is 121 cm³/mol. The number of aliphatic hydroxyl groups is 1. The summed E-state index contributed by atoms with van der Waals surface area (Å²) in [5.41, 5.74) is 8.78. The maximum Gasteiger partial charge on any atom is 0.318 e. The second-order valence-corrected chi connectivity index (χ2v) is 7.55. The Morgan fingerprint density at radius 3 is 2.13 bits per heavy atom. The number of carbonyl (C=O) groups excluding carboxylic acids is 2. The highest BCUT2D eigenvalue weighted by Crippen LogP contribution is 2.17. The van der Waals surface area contributed by atoms with Crippen molar-refractivity contribution in [2.75, 3.05) is 37.7 Å². The number of aliphatic hydroxyl groups excluding tert-OH is 1. The molecular formula is C24H28N4O3. The molecule has 1 aliphatic heterocycles. The fourth-order valence-electron chi connectivity index (χ4n) is 3.42. The number of Topliss-reactive ketones (excluding diaryl/α,β-unsaturated/α-hetero) is 1. The zero-order chi connectivity index (χ0) is 22.2. The first-order chi connectivity index (χ1) is 15.0. The summed E-state index contributed by atoms with van der Waals surface area (Å²) in [6, 6.07) is 16.1. The number of ketones is 1. The summed E-state index contributed by atoms with van der Waals surface area (Å²) in [7, 11) is 0. The highest BCUT2D eigenvalue weighted by atomic mass is 16.3. The molecule has 0 aromatic heterocycles. The molecule has 7 heteroatoms. The van der Waals surface area contributed by atoms with Gasteiger partial charge < -0.3 is 26.0 Å². The number of benzene rings is 2. The number of anilines is 1. The van der Waals surface area contributed by atoms with Crippen LogP contribution in [-0.4, -0.2) is 66.7 Å². The van der Waals surface area contributed by atoms with E-state index < -0.39 is 24.5 Å². The summed E-state index contributed by atoms with van der Waals surface area (Å²) in [4.78, 5) is 28.2. The number of hydrogen-bond acceptors (Lipinski definition) is 5. The minimum atomic E-state index is -0.889. The van der Waals surface area contributed by atoms with Gasteiger partial charge in [0, 0.05) is 49.0 Å². The second kappa shape index (κ2) is 10.6. The first kappa shape index (κ1) is 22.3. The Labute approximate surface area is 182 Å². The first-order valence-electron chi connectivity index (χ1n) is 10.3. The van der Waals surface area contributed by atoms with Gasteiger partial charge in [0.2, 0.25) is 0 Å². The van der Waals surface area contributed by atoms with E-state index in [-0.39, 0.29) is 6.03 Å². The van der Waals surface area contributed by atoms with Crippen molar-refractivity contribution in [3.05, 3.63) is 65.7 Å². The highest BCUT2D eigenvalue weighted by molar-refractivity contribution is 5.90. The number of nitrogens with zero attached hydrogens (tertiary/aromatic N) is 2. The number of piperazine rings is 1. The van der Waals surface area contributed by atoms with Gasteiger partial charge in [0.1, 0.15) is 12.6 Å². The minimum Gasteiger partial charge on any atom is -0.388 e. The lowest BCUT2D eigenvalue weighted by molar-refractivity contribution is -0.123. The van der Waals surface area contributed by atoms with Crippen LogP contribution >= 0.6 is 0 Å². The molecule has 0 radical (unpaired) electrons. The van der Waals surface area contributed by atoms with Gasteiger partial charge >= 0.3 is 6.03 Å². The number of rotatable bonds is 5. The molecule has 2 atom stereocenters. The Morgan fingerprint density at radius 2 is 1.58 bits per heavy atom. The van der Waals surface area contributed by atoms with Crippen LogP contribution in [0.25, 0.3) is 0 Å². The molecule has 162 valence electrons. The van der Waals surface area contributed by atoms with Crippen molar-refractivity contribution < 1.29 is 14.7 Å². The molecule has 2 aromatic carbocycles. The monoisotopic (exact) mass is 420 g/mol. The van der Waals surface area contributed by atoms with Crippen molar-refractivity contribution in [1.29, 1.82) is 0 Å². The lowest BCUT2D eigenvalue weighted by atomic mass is 10.1. The average Bonchev–Trinajstić information content (AvgIpc) is 2.81. The van der Waals surface area contributed by atoms with Gasteiger partial charge in [-0.15, -0.1) is 0 Å². The molecule has 0 unspecified atom stereocenters. The van der Waals surface area contributed by atoms with Gasteiger partial charge in [-0.3, -0.25) is 4.79 Å². The number of urea groups is 1. The third kappa shape index (κ3) is 6.07. The van der Waals surface area contributed by atoms with E-state index in [1.54, 1.807) is 11.8 Å². The standard InChI is InChI=1S/C24H28N4O3/c1-18(25)23(22(30)17-29)26-24(31)28-15-13-27(14-16-28)21-11-9-20(10-12-21)8-7-19-5-3-2-4-6-19/h2-6,9-12,18,23,29H,13-17,25H2,1H3,(H,26,31)/t18-,23+/m0/s1. The Kier molecular flexibility index (Phi) is 7.65. The number of carbonyl (C=O) groups is 2. The Hall–Kier alpha value is -3.34. The largest absolute Gasteiger partial charge is 0.388 e. The van der Waals surface area contributed by atoms with E-state index in [0.29, 0.717) is 26.2 Å².